The number of piperidine rings is 1. The predicted molar refractivity (Wildman–Crippen MR) is 111 cm³/mol. The van der Waals surface area contributed by atoms with Gasteiger partial charge in [0.15, 0.2) is 0 Å². The number of hydrogen-bond acceptors (Lipinski definition) is 3. The van der Waals surface area contributed by atoms with E-state index >= 15 is 0 Å². The molecule has 140 valence electrons. The molecule has 0 atom stereocenters. The minimum absolute atomic E-state index is 0. The molecule has 1 N–H and O–H groups in total. The van der Waals surface area contributed by atoms with Crippen molar-refractivity contribution in [2.45, 2.75) is 38.6 Å². The summed E-state index contributed by atoms with van der Waals surface area (Å²) in [5.74, 6) is 1.12. The number of nitrogens with one attached hydrogen (secondary N) is 1. The second-order valence-corrected chi connectivity index (χ2v) is 8.36. The van der Waals surface area contributed by atoms with Gasteiger partial charge < -0.3 is 10.2 Å². The van der Waals surface area contributed by atoms with Crippen LogP contribution in [0.25, 0.3) is 11.1 Å². The Morgan fingerprint density at radius 1 is 1.12 bits per heavy atom. The molecule has 2 fully saturated rings. The highest BCUT2D eigenvalue weighted by atomic mass is 35.5. The first-order valence-corrected chi connectivity index (χ1v) is 10.3. The maximum absolute atomic E-state index is 13.0. The van der Waals surface area contributed by atoms with E-state index in [1.54, 1.807) is 11.3 Å². The van der Waals surface area contributed by atoms with Crippen molar-refractivity contribution in [1.29, 1.82) is 0 Å². The highest BCUT2D eigenvalue weighted by Gasteiger charge is 2.27. The molecule has 1 saturated heterocycles. The summed E-state index contributed by atoms with van der Waals surface area (Å²) in [6.07, 6.45) is 4.93. The number of aryl methyl sites for hydroxylation is 1. The molecule has 2 heterocycles. The number of likely N-dealkylation sites (tertiary alicyclic amines) is 1. The summed E-state index contributed by atoms with van der Waals surface area (Å²) in [5, 5.41) is 5.72. The zero-order chi connectivity index (χ0) is 17.2. The summed E-state index contributed by atoms with van der Waals surface area (Å²) in [6.45, 7) is 4.99. The van der Waals surface area contributed by atoms with Crippen LogP contribution >= 0.6 is 23.7 Å². The first-order valence-electron chi connectivity index (χ1n) is 9.38. The van der Waals surface area contributed by atoms with Crippen molar-refractivity contribution in [3.8, 4) is 11.1 Å². The largest absolute Gasteiger partial charge is 0.338 e. The SMILES string of the molecule is Cc1ccc(-c2ccsc2C(=O)N2CCC(NCC3CC3)CC2)cc1.Cl. The molecule has 0 radical (unpaired) electrons. The number of rotatable bonds is 5. The molecule has 0 bridgehead atoms. The summed E-state index contributed by atoms with van der Waals surface area (Å²) in [4.78, 5) is 15.9. The van der Waals surface area contributed by atoms with Crippen LogP contribution in [-0.2, 0) is 0 Å². The second-order valence-electron chi connectivity index (χ2n) is 7.45. The molecular formula is C21H27ClN2OS. The number of thiophene rings is 1. The molecule has 2 aliphatic rings. The van der Waals surface area contributed by atoms with Crippen LogP contribution in [0, 0.1) is 12.8 Å². The summed E-state index contributed by atoms with van der Waals surface area (Å²) < 4.78 is 0. The molecule has 1 aromatic carbocycles. The van der Waals surface area contributed by atoms with Crippen LogP contribution in [0.3, 0.4) is 0 Å². The fourth-order valence-corrected chi connectivity index (χ4v) is 4.40. The van der Waals surface area contributed by atoms with Crippen molar-refractivity contribution in [2.24, 2.45) is 5.92 Å². The Morgan fingerprint density at radius 3 is 2.46 bits per heavy atom. The van der Waals surface area contributed by atoms with Crippen molar-refractivity contribution in [2.75, 3.05) is 19.6 Å². The van der Waals surface area contributed by atoms with Gasteiger partial charge in [0, 0.05) is 24.7 Å². The van der Waals surface area contributed by atoms with Crippen LogP contribution in [0.5, 0.6) is 0 Å². The summed E-state index contributed by atoms with van der Waals surface area (Å²) >= 11 is 1.57. The van der Waals surface area contributed by atoms with Crippen LogP contribution in [0.1, 0.15) is 40.9 Å². The van der Waals surface area contributed by atoms with Crippen molar-refractivity contribution in [1.82, 2.24) is 10.2 Å². The van der Waals surface area contributed by atoms with E-state index in [1.165, 1.54) is 24.9 Å². The number of carbonyl (C=O) groups excluding carboxylic acids is 1. The van der Waals surface area contributed by atoms with Gasteiger partial charge in [-0.05, 0) is 62.1 Å². The Bertz CT molecular complexity index is 731. The van der Waals surface area contributed by atoms with E-state index in [-0.39, 0.29) is 18.3 Å². The van der Waals surface area contributed by atoms with Gasteiger partial charge in [0.05, 0.1) is 4.88 Å². The highest BCUT2D eigenvalue weighted by Crippen LogP contribution is 2.31. The van der Waals surface area contributed by atoms with Crippen molar-refractivity contribution in [3.05, 3.63) is 46.2 Å². The average molecular weight is 391 g/mol. The van der Waals surface area contributed by atoms with E-state index in [9.17, 15) is 4.79 Å². The molecule has 0 unspecified atom stereocenters. The molecule has 1 aliphatic carbocycles. The van der Waals surface area contributed by atoms with Crippen molar-refractivity contribution < 1.29 is 4.79 Å². The fraction of sp³-hybridized carbons (Fsp3) is 0.476. The number of hydrogen-bond donors (Lipinski definition) is 1. The molecule has 1 aliphatic heterocycles. The van der Waals surface area contributed by atoms with E-state index in [4.69, 9.17) is 0 Å². The first-order chi connectivity index (χ1) is 12.2. The van der Waals surface area contributed by atoms with Crippen molar-refractivity contribution >= 4 is 29.7 Å². The Labute approximate surface area is 166 Å². The third kappa shape index (κ3) is 4.48. The maximum Gasteiger partial charge on any atom is 0.264 e. The molecule has 0 spiro atoms. The number of halogens is 1. The van der Waals surface area contributed by atoms with Gasteiger partial charge in [0.1, 0.15) is 0 Å². The quantitative estimate of drug-likeness (QED) is 0.798. The smallest absolute Gasteiger partial charge is 0.264 e. The number of benzene rings is 1. The van der Waals surface area contributed by atoms with Gasteiger partial charge in [-0.2, -0.15) is 0 Å². The fourth-order valence-electron chi connectivity index (χ4n) is 3.52. The minimum atomic E-state index is 0. The predicted octanol–water partition coefficient (Wildman–Crippen LogP) is 4.75. The molecule has 26 heavy (non-hydrogen) atoms. The van der Waals surface area contributed by atoms with Gasteiger partial charge in [-0.25, -0.2) is 0 Å². The average Bonchev–Trinajstić information content (AvgIpc) is 3.35. The Hall–Kier alpha value is -1.36. The van der Waals surface area contributed by atoms with Crippen LogP contribution in [0.4, 0.5) is 0 Å². The molecule has 1 saturated carbocycles. The third-order valence-corrected chi connectivity index (χ3v) is 6.30. The zero-order valence-electron chi connectivity index (χ0n) is 15.2. The lowest BCUT2D eigenvalue weighted by atomic mass is 10.0. The molecule has 5 heteroatoms. The van der Waals surface area contributed by atoms with E-state index in [2.05, 4.69) is 42.6 Å². The topological polar surface area (TPSA) is 32.3 Å². The Balaban J connectivity index is 0.00000196. The lowest BCUT2D eigenvalue weighted by Crippen LogP contribution is -2.45. The number of carbonyl (C=O) groups is 1. The van der Waals surface area contributed by atoms with Gasteiger partial charge in [-0.15, -0.1) is 23.7 Å². The molecule has 4 rings (SSSR count). The Kier molecular flexibility index (Phi) is 6.38. The standard InChI is InChI=1S/C21H26N2OS.ClH/c1-15-2-6-17(7-3-15)19-10-13-25-20(19)21(24)23-11-8-18(9-12-23)22-14-16-4-5-16;/h2-3,6-7,10,13,16,18,22H,4-5,8-9,11-12,14H2,1H3;1H. The van der Waals surface area contributed by atoms with Crippen LogP contribution in [0.2, 0.25) is 0 Å². The number of nitrogens with zero attached hydrogens (tertiary/aromatic N) is 1. The second kappa shape index (κ2) is 8.55. The van der Waals surface area contributed by atoms with E-state index in [1.807, 2.05) is 10.3 Å². The monoisotopic (exact) mass is 390 g/mol. The van der Waals surface area contributed by atoms with Crippen LogP contribution < -0.4 is 5.32 Å². The van der Waals surface area contributed by atoms with Crippen LogP contribution in [0.15, 0.2) is 35.7 Å². The van der Waals surface area contributed by atoms with Crippen LogP contribution in [-0.4, -0.2) is 36.5 Å². The molecular weight excluding hydrogens is 364 g/mol. The Morgan fingerprint density at radius 2 is 1.81 bits per heavy atom. The van der Waals surface area contributed by atoms with E-state index in [0.29, 0.717) is 6.04 Å². The maximum atomic E-state index is 13.0. The first kappa shape index (κ1) is 19.4. The summed E-state index contributed by atoms with van der Waals surface area (Å²) in [6, 6.07) is 11.1. The van der Waals surface area contributed by atoms with Gasteiger partial charge >= 0.3 is 0 Å². The van der Waals surface area contributed by atoms with Gasteiger partial charge in [-0.1, -0.05) is 29.8 Å². The minimum Gasteiger partial charge on any atom is -0.338 e. The number of amides is 1. The molecule has 1 amide bonds. The normalized spacial score (nSPS) is 17.8. The van der Waals surface area contributed by atoms with Gasteiger partial charge in [-0.3, -0.25) is 4.79 Å². The highest BCUT2D eigenvalue weighted by molar-refractivity contribution is 7.12. The molecule has 3 nitrogen and oxygen atoms in total. The zero-order valence-corrected chi connectivity index (χ0v) is 16.9. The molecule has 2 aromatic rings. The van der Waals surface area contributed by atoms with Crippen molar-refractivity contribution in [3.63, 3.8) is 0 Å². The van der Waals surface area contributed by atoms with Gasteiger partial charge in [0.2, 0.25) is 0 Å². The summed E-state index contributed by atoms with van der Waals surface area (Å²) in [5.41, 5.74) is 3.45. The summed E-state index contributed by atoms with van der Waals surface area (Å²) in [7, 11) is 0. The van der Waals surface area contributed by atoms with E-state index < -0.39 is 0 Å². The third-order valence-electron chi connectivity index (χ3n) is 5.40. The van der Waals surface area contributed by atoms with E-state index in [0.717, 1.165) is 47.9 Å². The lowest BCUT2D eigenvalue weighted by molar-refractivity contribution is 0.0710. The lowest BCUT2D eigenvalue weighted by Gasteiger charge is -2.32. The molecule has 1 aromatic heterocycles. The van der Waals surface area contributed by atoms with Gasteiger partial charge in [0.25, 0.3) is 5.91 Å².